The van der Waals surface area contributed by atoms with Gasteiger partial charge in [-0.1, -0.05) is 18.5 Å². The number of aromatic nitrogens is 3. The first-order valence-corrected chi connectivity index (χ1v) is 6.47. The van der Waals surface area contributed by atoms with Crippen molar-refractivity contribution in [3.63, 3.8) is 0 Å². The van der Waals surface area contributed by atoms with Gasteiger partial charge in [-0.05, 0) is 12.5 Å². The van der Waals surface area contributed by atoms with Crippen LogP contribution >= 0.6 is 11.6 Å². The minimum absolute atomic E-state index is 0.399. The highest BCUT2D eigenvalue weighted by atomic mass is 35.5. The Kier molecular flexibility index (Phi) is 4.17. The molecule has 0 bridgehead atoms. The topological polar surface area (TPSA) is 56.7 Å². The second-order valence-corrected chi connectivity index (χ2v) is 4.77. The lowest BCUT2D eigenvalue weighted by atomic mass is 10.0. The first-order chi connectivity index (χ1) is 9.04. The van der Waals surface area contributed by atoms with Crippen LogP contribution in [0.2, 0.25) is 5.02 Å². The van der Waals surface area contributed by atoms with Crippen LogP contribution in [0.25, 0.3) is 0 Å². The summed E-state index contributed by atoms with van der Waals surface area (Å²) in [6.45, 7) is 1.99. The number of halogens is 2. The molecular formula is C13H16ClFN4. The third-order valence-electron chi connectivity index (χ3n) is 3.12. The van der Waals surface area contributed by atoms with E-state index in [1.165, 1.54) is 6.20 Å². The molecule has 0 amide bonds. The van der Waals surface area contributed by atoms with Crippen molar-refractivity contribution in [3.8, 4) is 0 Å². The standard InChI is InChI=1S/C13H16ClFN4/c1-3-11-13(14)12(19(2)18-11)6-10(16)8-4-5-17-7-9(8)15/h4-5,7,10H,3,6,16H2,1-2H3. The Morgan fingerprint density at radius 2 is 2.26 bits per heavy atom. The van der Waals surface area contributed by atoms with Gasteiger partial charge < -0.3 is 5.73 Å². The smallest absolute Gasteiger partial charge is 0.146 e. The Bertz CT molecular complexity index is 582. The van der Waals surface area contributed by atoms with Gasteiger partial charge in [0, 0.05) is 31.3 Å². The quantitative estimate of drug-likeness (QED) is 0.937. The van der Waals surface area contributed by atoms with E-state index in [0.29, 0.717) is 17.0 Å². The Labute approximate surface area is 116 Å². The summed E-state index contributed by atoms with van der Waals surface area (Å²) in [4.78, 5) is 3.71. The lowest BCUT2D eigenvalue weighted by Crippen LogP contribution is -2.17. The zero-order valence-corrected chi connectivity index (χ0v) is 11.7. The molecule has 0 aromatic carbocycles. The molecule has 4 nitrogen and oxygen atoms in total. The van der Waals surface area contributed by atoms with E-state index in [-0.39, 0.29) is 0 Å². The first kappa shape index (κ1) is 14.0. The van der Waals surface area contributed by atoms with E-state index < -0.39 is 11.9 Å². The fourth-order valence-corrected chi connectivity index (χ4v) is 2.42. The molecule has 1 atom stereocenters. The lowest BCUT2D eigenvalue weighted by Gasteiger charge is -2.13. The highest BCUT2D eigenvalue weighted by Crippen LogP contribution is 2.25. The average Bonchev–Trinajstić information content (AvgIpc) is 2.66. The Balaban J connectivity index is 2.27. The number of nitrogens with zero attached hydrogens (tertiary/aromatic N) is 3. The highest BCUT2D eigenvalue weighted by Gasteiger charge is 2.18. The van der Waals surface area contributed by atoms with Gasteiger partial charge in [-0.3, -0.25) is 9.67 Å². The van der Waals surface area contributed by atoms with Crippen molar-refractivity contribution >= 4 is 11.6 Å². The van der Waals surface area contributed by atoms with Gasteiger partial charge in [0.25, 0.3) is 0 Å². The summed E-state index contributed by atoms with van der Waals surface area (Å²) in [6.07, 6.45) is 3.88. The summed E-state index contributed by atoms with van der Waals surface area (Å²) < 4.78 is 15.3. The zero-order chi connectivity index (χ0) is 14.0. The van der Waals surface area contributed by atoms with Crippen molar-refractivity contribution in [2.24, 2.45) is 12.8 Å². The van der Waals surface area contributed by atoms with Gasteiger partial charge in [0.2, 0.25) is 0 Å². The van der Waals surface area contributed by atoms with Crippen molar-refractivity contribution in [1.82, 2.24) is 14.8 Å². The van der Waals surface area contributed by atoms with Crippen LogP contribution in [0.4, 0.5) is 4.39 Å². The molecule has 102 valence electrons. The summed E-state index contributed by atoms with van der Waals surface area (Å²) in [7, 11) is 1.82. The molecule has 0 spiro atoms. The Morgan fingerprint density at radius 1 is 1.53 bits per heavy atom. The van der Waals surface area contributed by atoms with E-state index in [1.54, 1.807) is 10.7 Å². The molecule has 2 rings (SSSR count). The van der Waals surface area contributed by atoms with Gasteiger partial charge in [0.05, 0.1) is 22.6 Å². The van der Waals surface area contributed by atoms with Gasteiger partial charge in [-0.25, -0.2) is 4.39 Å². The molecule has 2 N–H and O–H groups in total. The van der Waals surface area contributed by atoms with Gasteiger partial charge >= 0.3 is 0 Å². The maximum Gasteiger partial charge on any atom is 0.146 e. The predicted molar refractivity (Wildman–Crippen MR) is 72.4 cm³/mol. The first-order valence-electron chi connectivity index (χ1n) is 6.09. The van der Waals surface area contributed by atoms with Crippen LogP contribution in [0.3, 0.4) is 0 Å². The van der Waals surface area contributed by atoms with Crippen LogP contribution in [0.5, 0.6) is 0 Å². The van der Waals surface area contributed by atoms with Crippen LogP contribution in [0.1, 0.15) is 29.9 Å². The molecule has 0 aliphatic rings. The predicted octanol–water partition coefficient (Wildman–Crippen LogP) is 2.41. The molecule has 2 heterocycles. The fourth-order valence-electron chi connectivity index (χ4n) is 2.05. The number of pyridine rings is 1. The Morgan fingerprint density at radius 3 is 2.84 bits per heavy atom. The molecule has 0 saturated carbocycles. The normalized spacial score (nSPS) is 12.7. The maximum absolute atomic E-state index is 13.6. The van der Waals surface area contributed by atoms with Crippen LogP contribution in [0, 0.1) is 5.82 Å². The average molecular weight is 283 g/mol. The van der Waals surface area contributed by atoms with Gasteiger partial charge in [-0.2, -0.15) is 5.10 Å². The molecule has 6 heteroatoms. The van der Waals surface area contributed by atoms with E-state index in [4.69, 9.17) is 17.3 Å². The maximum atomic E-state index is 13.6. The van der Waals surface area contributed by atoms with Gasteiger partial charge in [0.15, 0.2) is 0 Å². The minimum Gasteiger partial charge on any atom is -0.324 e. The summed E-state index contributed by atoms with van der Waals surface area (Å²) in [5.74, 6) is -0.399. The molecule has 0 fully saturated rings. The van der Waals surface area contributed by atoms with Crippen molar-refractivity contribution < 1.29 is 4.39 Å². The molecule has 0 radical (unpaired) electrons. The number of hydrogen-bond donors (Lipinski definition) is 1. The monoisotopic (exact) mass is 282 g/mol. The van der Waals surface area contributed by atoms with Crippen molar-refractivity contribution in [2.45, 2.75) is 25.8 Å². The SMILES string of the molecule is CCc1nn(C)c(CC(N)c2ccncc2F)c1Cl. The van der Waals surface area contributed by atoms with E-state index in [9.17, 15) is 4.39 Å². The zero-order valence-electron chi connectivity index (χ0n) is 10.9. The van der Waals surface area contributed by atoms with Crippen LogP contribution in [-0.2, 0) is 19.9 Å². The molecular weight excluding hydrogens is 267 g/mol. The molecule has 2 aromatic heterocycles. The van der Waals surface area contributed by atoms with Crippen LogP contribution in [0.15, 0.2) is 18.5 Å². The fraction of sp³-hybridized carbons (Fsp3) is 0.385. The molecule has 19 heavy (non-hydrogen) atoms. The number of aryl methyl sites for hydroxylation is 2. The second-order valence-electron chi connectivity index (χ2n) is 4.39. The second kappa shape index (κ2) is 5.67. The third-order valence-corrected chi connectivity index (χ3v) is 3.56. The van der Waals surface area contributed by atoms with Crippen LogP contribution in [-0.4, -0.2) is 14.8 Å². The van der Waals surface area contributed by atoms with Gasteiger partial charge in [0.1, 0.15) is 5.82 Å². The summed E-state index contributed by atoms with van der Waals surface area (Å²) in [6, 6.07) is 1.12. The summed E-state index contributed by atoms with van der Waals surface area (Å²) >= 11 is 6.26. The van der Waals surface area contributed by atoms with Gasteiger partial charge in [-0.15, -0.1) is 0 Å². The van der Waals surface area contributed by atoms with E-state index in [0.717, 1.165) is 24.0 Å². The highest BCUT2D eigenvalue weighted by molar-refractivity contribution is 6.31. The van der Waals surface area contributed by atoms with Crippen molar-refractivity contribution in [2.75, 3.05) is 0 Å². The van der Waals surface area contributed by atoms with Crippen molar-refractivity contribution in [1.29, 1.82) is 0 Å². The van der Waals surface area contributed by atoms with Crippen LogP contribution < -0.4 is 5.73 Å². The molecule has 0 aliphatic heterocycles. The number of nitrogens with two attached hydrogens (primary N) is 1. The Hall–Kier alpha value is -1.46. The lowest BCUT2D eigenvalue weighted by molar-refractivity contribution is 0.564. The molecule has 0 saturated heterocycles. The number of rotatable bonds is 4. The van der Waals surface area contributed by atoms with E-state index in [2.05, 4.69) is 10.1 Å². The summed E-state index contributed by atoms with van der Waals surface area (Å²) in [5.41, 5.74) is 8.14. The number of hydrogen-bond acceptors (Lipinski definition) is 3. The van der Waals surface area contributed by atoms with Crippen molar-refractivity contribution in [3.05, 3.63) is 46.3 Å². The summed E-state index contributed by atoms with van der Waals surface area (Å²) in [5, 5.41) is 4.94. The van der Waals surface area contributed by atoms with E-state index >= 15 is 0 Å². The largest absolute Gasteiger partial charge is 0.324 e. The van der Waals surface area contributed by atoms with E-state index in [1.807, 2.05) is 14.0 Å². The molecule has 0 aliphatic carbocycles. The third kappa shape index (κ3) is 2.77. The molecule has 1 unspecified atom stereocenters. The minimum atomic E-state index is -0.472. The molecule has 2 aromatic rings.